The average Bonchev–Trinajstić information content (AvgIpc) is 2.78. The Morgan fingerprint density at radius 1 is 1.19 bits per heavy atom. The Morgan fingerprint density at radius 3 is 2.74 bits per heavy atom. The number of rotatable bonds is 7. The Labute approximate surface area is 183 Å². The minimum Gasteiger partial charge on any atom is -0.461 e. The standard InChI is InChI=1S/C23H25N5O2P/c1-23(31)25-15-20-22(27-23)26-19(14-24-20)18-9-12-28(13-10-18)11-5-8-21(29)30-16-17-6-3-2-4-7-17/h2-4,6-7,9-10,12-15H,5,8,11,16,31H2,1H3,(H,26,27)/q+1. The molecule has 0 saturated carbocycles. The van der Waals surface area contributed by atoms with Gasteiger partial charge in [-0.2, -0.15) is 0 Å². The summed E-state index contributed by atoms with van der Waals surface area (Å²) in [6, 6.07) is 13.7. The third-order valence-corrected chi connectivity index (χ3v) is 5.15. The van der Waals surface area contributed by atoms with Crippen molar-refractivity contribution in [1.29, 1.82) is 0 Å². The number of aliphatic imine (C=N–C) groups is 1. The third-order valence-electron chi connectivity index (χ3n) is 4.85. The lowest BCUT2D eigenvalue weighted by Crippen LogP contribution is -2.32. The summed E-state index contributed by atoms with van der Waals surface area (Å²) >= 11 is 0. The highest BCUT2D eigenvalue weighted by atomic mass is 31.0. The molecule has 2 atom stereocenters. The SMILES string of the molecule is CC1(P)N=Cc2ncc(-c3cc[n+](CCCC(=O)OCc4ccccc4)cc3)nc2N1. The molecule has 4 rings (SSSR count). The molecule has 158 valence electrons. The van der Waals surface area contributed by atoms with Crippen LogP contribution >= 0.6 is 9.24 Å². The summed E-state index contributed by atoms with van der Waals surface area (Å²) in [6.45, 7) is 3.01. The van der Waals surface area contributed by atoms with Gasteiger partial charge in [0, 0.05) is 24.1 Å². The van der Waals surface area contributed by atoms with E-state index in [0.717, 1.165) is 34.9 Å². The maximum absolute atomic E-state index is 11.9. The zero-order chi connectivity index (χ0) is 21.7. The van der Waals surface area contributed by atoms with E-state index in [9.17, 15) is 4.79 Å². The fourth-order valence-corrected chi connectivity index (χ4v) is 3.40. The van der Waals surface area contributed by atoms with E-state index in [1.165, 1.54) is 0 Å². The topological polar surface area (TPSA) is 80.4 Å². The summed E-state index contributed by atoms with van der Waals surface area (Å²) in [5.74, 6) is 0.540. The second kappa shape index (κ2) is 9.31. The smallest absolute Gasteiger partial charge is 0.306 e. The predicted octanol–water partition coefficient (Wildman–Crippen LogP) is 3.35. The number of aryl methyl sites for hydroxylation is 1. The Morgan fingerprint density at radius 2 is 1.97 bits per heavy atom. The summed E-state index contributed by atoms with van der Waals surface area (Å²) in [5.41, 5.74) is 3.49. The van der Waals surface area contributed by atoms with Crippen LogP contribution in [-0.2, 0) is 22.7 Å². The minimum atomic E-state index is -0.470. The lowest BCUT2D eigenvalue weighted by atomic mass is 10.2. The second-order valence-corrected chi connectivity index (χ2v) is 8.72. The highest BCUT2D eigenvalue weighted by Gasteiger charge is 2.23. The van der Waals surface area contributed by atoms with E-state index in [-0.39, 0.29) is 5.97 Å². The lowest BCUT2D eigenvalue weighted by Gasteiger charge is -2.26. The van der Waals surface area contributed by atoms with Crippen LogP contribution in [0.3, 0.4) is 0 Å². The number of hydrogen-bond acceptors (Lipinski definition) is 6. The molecule has 1 N–H and O–H groups in total. The van der Waals surface area contributed by atoms with Gasteiger partial charge < -0.3 is 10.1 Å². The molecule has 2 unspecified atom stereocenters. The van der Waals surface area contributed by atoms with Crippen molar-refractivity contribution < 1.29 is 14.1 Å². The molecule has 7 nitrogen and oxygen atoms in total. The molecule has 1 aromatic carbocycles. The van der Waals surface area contributed by atoms with Crippen LogP contribution in [0.15, 0.2) is 66.0 Å². The zero-order valence-corrected chi connectivity index (χ0v) is 18.5. The van der Waals surface area contributed by atoms with Gasteiger partial charge in [-0.3, -0.25) is 9.79 Å². The number of carbonyl (C=O) groups is 1. The van der Waals surface area contributed by atoms with Crippen LogP contribution in [0.4, 0.5) is 5.82 Å². The fraction of sp³-hybridized carbons (Fsp3) is 0.261. The minimum absolute atomic E-state index is 0.178. The maximum Gasteiger partial charge on any atom is 0.306 e. The zero-order valence-electron chi connectivity index (χ0n) is 17.4. The van der Waals surface area contributed by atoms with Crippen LogP contribution in [0.2, 0.25) is 0 Å². The van der Waals surface area contributed by atoms with Crippen molar-refractivity contribution in [1.82, 2.24) is 9.97 Å². The molecule has 0 radical (unpaired) electrons. The molecular weight excluding hydrogens is 409 g/mol. The van der Waals surface area contributed by atoms with Crippen molar-refractivity contribution in [3.8, 4) is 11.3 Å². The quantitative estimate of drug-likeness (QED) is 0.351. The van der Waals surface area contributed by atoms with Gasteiger partial charge >= 0.3 is 5.97 Å². The molecule has 0 amide bonds. The molecule has 0 bridgehead atoms. The molecule has 8 heteroatoms. The molecule has 0 fully saturated rings. The average molecular weight is 434 g/mol. The summed E-state index contributed by atoms with van der Waals surface area (Å²) in [7, 11) is 2.66. The molecule has 31 heavy (non-hydrogen) atoms. The van der Waals surface area contributed by atoms with Gasteiger partial charge in [-0.05, 0) is 12.5 Å². The molecule has 1 aliphatic heterocycles. The fourth-order valence-electron chi connectivity index (χ4n) is 3.18. The Kier molecular flexibility index (Phi) is 6.33. The van der Waals surface area contributed by atoms with Crippen LogP contribution < -0.4 is 9.88 Å². The van der Waals surface area contributed by atoms with Gasteiger partial charge in [0.05, 0.1) is 24.5 Å². The van der Waals surface area contributed by atoms with E-state index >= 15 is 0 Å². The van der Waals surface area contributed by atoms with Gasteiger partial charge in [-0.1, -0.05) is 39.6 Å². The molecule has 1 aliphatic rings. The van der Waals surface area contributed by atoms with Crippen LogP contribution in [-0.4, -0.2) is 27.6 Å². The van der Waals surface area contributed by atoms with E-state index in [1.807, 2.05) is 66.3 Å². The van der Waals surface area contributed by atoms with Crippen molar-refractivity contribution in [2.75, 3.05) is 5.32 Å². The normalized spacial score (nSPS) is 17.0. The Bertz CT molecular complexity index is 1080. The number of benzene rings is 1. The first-order chi connectivity index (χ1) is 15.0. The van der Waals surface area contributed by atoms with E-state index in [0.29, 0.717) is 19.4 Å². The van der Waals surface area contributed by atoms with Gasteiger partial charge in [-0.25, -0.2) is 14.5 Å². The molecule has 3 heterocycles. The number of anilines is 1. The predicted molar refractivity (Wildman–Crippen MR) is 122 cm³/mol. The number of carbonyl (C=O) groups excluding carboxylic acids is 1. The van der Waals surface area contributed by atoms with Crippen molar-refractivity contribution in [2.45, 2.75) is 38.3 Å². The number of nitrogens with one attached hydrogen (secondary N) is 1. The Balaban J connectivity index is 1.29. The van der Waals surface area contributed by atoms with Gasteiger partial charge in [0.15, 0.2) is 18.2 Å². The summed E-state index contributed by atoms with van der Waals surface area (Å²) < 4.78 is 7.37. The largest absolute Gasteiger partial charge is 0.461 e. The second-order valence-electron chi connectivity index (χ2n) is 7.59. The van der Waals surface area contributed by atoms with Crippen molar-refractivity contribution >= 4 is 27.2 Å². The number of pyridine rings is 1. The lowest BCUT2D eigenvalue weighted by molar-refractivity contribution is -0.697. The molecular formula is C23H25N5O2P+. The monoisotopic (exact) mass is 434 g/mol. The summed E-state index contributed by atoms with van der Waals surface area (Å²) in [5, 5.41) is 2.79. The van der Waals surface area contributed by atoms with Crippen molar-refractivity contribution in [2.24, 2.45) is 4.99 Å². The van der Waals surface area contributed by atoms with E-state index in [1.54, 1.807) is 12.4 Å². The molecule has 0 saturated heterocycles. The summed E-state index contributed by atoms with van der Waals surface area (Å²) in [6.07, 6.45) is 8.56. The summed E-state index contributed by atoms with van der Waals surface area (Å²) in [4.78, 5) is 25.5. The first-order valence-corrected chi connectivity index (χ1v) is 10.7. The third kappa shape index (κ3) is 5.70. The molecule has 2 aromatic heterocycles. The molecule has 0 aliphatic carbocycles. The number of nitrogens with zero attached hydrogens (tertiary/aromatic N) is 4. The number of ether oxygens (including phenoxy) is 1. The maximum atomic E-state index is 11.9. The first kappa shape index (κ1) is 21.1. The van der Waals surface area contributed by atoms with E-state index in [2.05, 4.69) is 24.5 Å². The van der Waals surface area contributed by atoms with E-state index < -0.39 is 5.40 Å². The molecule has 3 aromatic rings. The highest BCUT2D eigenvalue weighted by molar-refractivity contribution is 7.19. The van der Waals surface area contributed by atoms with Crippen LogP contribution in [0.1, 0.15) is 31.0 Å². The van der Waals surface area contributed by atoms with Crippen LogP contribution in [0.25, 0.3) is 11.3 Å². The van der Waals surface area contributed by atoms with Crippen LogP contribution in [0, 0.1) is 0 Å². The molecule has 0 spiro atoms. The van der Waals surface area contributed by atoms with Gasteiger partial charge in [-0.15, -0.1) is 0 Å². The highest BCUT2D eigenvalue weighted by Crippen LogP contribution is 2.28. The van der Waals surface area contributed by atoms with Gasteiger partial charge in [0.25, 0.3) is 0 Å². The van der Waals surface area contributed by atoms with Gasteiger partial charge in [0.2, 0.25) is 0 Å². The van der Waals surface area contributed by atoms with Crippen molar-refractivity contribution in [3.63, 3.8) is 0 Å². The first-order valence-electron chi connectivity index (χ1n) is 10.2. The van der Waals surface area contributed by atoms with E-state index in [4.69, 9.17) is 9.72 Å². The van der Waals surface area contributed by atoms with Crippen LogP contribution in [0.5, 0.6) is 0 Å². The van der Waals surface area contributed by atoms with Crippen molar-refractivity contribution in [3.05, 3.63) is 72.3 Å². The number of hydrogen-bond donors (Lipinski definition) is 1. The number of aromatic nitrogens is 3. The van der Waals surface area contributed by atoms with Gasteiger partial charge in [0.1, 0.15) is 24.2 Å². The number of esters is 1. The number of fused-ring (bicyclic) bond motifs is 1. The Hall–Kier alpha value is -3.18.